The van der Waals surface area contributed by atoms with E-state index < -0.39 is 21.9 Å². The van der Waals surface area contributed by atoms with E-state index in [0.29, 0.717) is 25.8 Å². The molecule has 4 rings (SSSR count). The van der Waals surface area contributed by atoms with Crippen molar-refractivity contribution in [2.45, 2.75) is 6.61 Å². The number of aromatic nitrogens is 2. The highest BCUT2D eigenvalue weighted by Crippen LogP contribution is 2.37. The molecule has 1 heterocycles. The molecule has 0 amide bonds. The van der Waals surface area contributed by atoms with Crippen LogP contribution in [-0.2, 0) is 6.61 Å². The second-order valence-electron chi connectivity index (χ2n) is 6.97. The maximum Gasteiger partial charge on any atom is 0.349 e. The van der Waals surface area contributed by atoms with Gasteiger partial charge in [-0.2, -0.15) is 5.10 Å². The summed E-state index contributed by atoms with van der Waals surface area (Å²) in [7, 11) is 0. The maximum absolute atomic E-state index is 12.6. The summed E-state index contributed by atoms with van der Waals surface area (Å²) in [5.74, 6) is -0.171. The van der Waals surface area contributed by atoms with Crippen molar-refractivity contribution in [1.29, 1.82) is 0 Å². The third kappa shape index (κ3) is 4.81. The van der Waals surface area contributed by atoms with Crippen LogP contribution >= 0.6 is 34.8 Å². The number of hydrogen-bond donors (Lipinski definition) is 1. The third-order valence-corrected chi connectivity index (χ3v) is 5.60. The normalized spacial score (nSPS) is 11.3. The zero-order chi connectivity index (χ0) is 24.4. The maximum atomic E-state index is 12.6. The van der Waals surface area contributed by atoms with E-state index in [1.807, 2.05) is 0 Å². The lowest BCUT2D eigenvalue weighted by atomic mass is 10.2. The number of nitro benzene ring substituents is 1. The Morgan fingerprint density at radius 1 is 1.06 bits per heavy atom. The van der Waals surface area contributed by atoms with Gasteiger partial charge in [0, 0.05) is 27.2 Å². The van der Waals surface area contributed by atoms with Crippen molar-refractivity contribution in [3.8, 4) is 5.75 Å². The number of rotatable bonds is 6. The molecule has 1 N–H and O–H groups in total. The van der Waals surface area contributed by atoms with Gasteiger partial charge in [-0.15, -0.1) is 4.68 Å². The number of para-hydroxylation sites is 1. The summed E-state index contributed by atoms with van der Waals surface area (Å²) in [5.41, 5.74) is -0.745. The number of fused-ring (bicyclic) bond motifs is 1. The zero-order valence-corrected chi connectivity index (χ0v) is 19.3. The van der Waals surface area contributed by atoms with Crippen LogP contribution in [0.2, 0.25) is 15.1 Å². The van der Waals surface area contributed by atoms with Crippen molar-refractivity contribution in [2.24, 2.45) is 5.10 Å². The first-order valence-electron chi connectivity index (χ1n) is 9.57. The molecule has 0 spiro atoms. The number of hydrogen-bond acceptors (Lipinski definition) is 6. The topological polar surface area (TPSA) is 120 Å². The molecule has 9 nitrogen and oxygen atoms in total. The average Bonchev–Trinajstić information content (AvgIpc) is 2.79. The second kappa shape index (κ2) is 9.68. The Morgan fingerprint density at radius 3 is 2.56 bits per heavy atom. The van der Waals surface area contributed by atoms with Crippen molar-refractivity contribution in [3.63, 3.8) is 0 Å². The zero-order valence-electron chi connectivity index (χ0n) is 17.0. The minimum absolute atomic E-state index is 0.0690. The van der Waals surface area contributed by atoms with Crippen LogP contribution in [0.5, 0.6) is 5.75 Å². The summed E-state index contributed by atoms with van der Waals surface area (Å²) < 4.78 is 6.20. The lowest BCUT2D eigenvalue weighted by molar-refractivity contribution is -0.385. The van der Waals surface area contributed by atoms with Gasteiger partial charge in [0.2, 0.25) is 5.75 Å². The van der Waals surface area contributed by atoms with Crippen molar-refractivity contribution in [1.82, 2.24) is 9.66 Å². The van der Waals surface area contributed by atoms with Crippen molar-refractivity contribution in [2.75, 3.05) is 0 Å². The Labute approximate surface area is 205 Å². The van der Waals surface area contributed by atoms with Gasteiger partial charge in [-0.05, 0) is 30.3 Å². The van der Waals surface area contributed by atoms with Gasteiger partial charge in [0.15, 0.2) is 0 Å². The smallest absolute Gasteiger partial charge is 0.349 e. The van der Waals surface area contributed by atoms with E-state index in [0.717, 1.165) is 12.3 Å². The SMILES string of the molecule is O=c1[nH]c2ccccc2c(=O)n1N=Cc1cc(Cl)c(OCc2ccc(Cl)cc2Cl)c([N+](=O)[O-])c1. The van der Waals surface area contributed by atoms with Crippen LogP contribution in [0.1, 0.15) is 11.1 Å². The molecule has 12 heteroatoms. The molecule has 3 aromatic carbocycles. The quantitative estimate of drug-likeness (QED) is 0.218. The van der Waals surface area contributed by atoms with Crippen LogP contribution in [0, 0.1) is 10.1 Å². The molecular formula is C22H13Cl3N4O5. The molecule has 0 aliphatic rings. The number of ether oxygens (including phenoxy) is 1. The molecule has 0 saturated carbocycles. The molecule has 1 aromatic heterocycles. The van der Waals surface area contributed by atoms with E-state index in [4.69, 9.17) is 39.5 Å². The molecule has 0 unspecified atom stereocenters. The Morgan fingerprint density at radius 2 is 1.82 bits per heavy atom. The van der Waals surface area contributed by atoms with E-state index in [9.17, 15) is 19.7 Å². The van der Waals surface area contributed by atoms with Gasteiger partial charge >= 0.3 is 11.4 Å². The fourth-order valence-corrected chi connectivity index (χ4v) is 3.86. The number of nitrogens with zero attached hydrogens (tertiary/aromatic N) is 3. The van der Waals surface area contributed by atoms with Gasteiger partial charge in [-0.25, -0.2) is 4.79 Å². The number of halogens is 3. The summed E-state index contributed by atoms with van der Waals surface area (Å²) in [5, 5.41) is 16.5. The van der Waals surface area contributed by atoms with Gasteiger partial charge in [-0.3, -0.25) is 14.9 Å². The number of aromatic amines is 1. The number of nitro groups is 1. The lowest BCUT2D eigenvalue weighted by Gasteiger charge is -2.11. The molecule has 0 atom stereocenters. The van der Waals surface area contributed by atoms with Crippen molar-refractivity contribution < 1.29 is 9.66 Å². The van der Waals surface area contributed by atoms with Gasteiger partial charge in [-0.1, -0.05) is 53.0 Å². The first-order chi connectivity index (χ1) is 16.2. The number of H-pyrrole nitrogens is 1. The van der Waals surface area contributed by atoms with Gasteiger partial charge < -0.3 is 9.72 Å². The molecule has 0 radical (unpaired) electrons. The summed E-state index contributed by atoms with van der Waals surface area (Å²) in [6.45, 7) is -0.0914. The minimum atomic E-state index is -0.764. The molecule has 0 aliphatic heterocycles. The highest BCUT2D eigenvalue weighted by Gasteiger charge is 2.21. The van der Waals surface area contributed by atoms with Gasteiger partial charge in [0.25, 0.3) is 5.56 Å². The van der Waals surface area contributed by atoms with E-state index in [-0.39, 0.29) is 28.3 Å². The molecule has 0 saturated heterocycles. The predicted octanol–water partition coefficient (Wildman–Crippen LogP) is 5.02. The molecule has 34 heavy (non-hydrogen) atoms. The lowest BCUT2D eigenvalue weighted by Crippen LogP contribution is -2.32. The highest BCUT2D eigenvalue weighted by atomic mass is 35.5. The summed E-state index contributed by atoms with van der Waals surface area (Å²) in [4.78, 5) is 38.4. The Kier molecular flexibility index (Phi) is 6.69. The Hall–Kier alpha value is -3.66. The Bertz CT molecular complexity index is 1580. The molecule has 4 aromatic rings. The number of nitrogens with one attached hydrogen (secondary N) is 1. The van der Waals surface area contributed by atoms with Crippen molar-refractivity contribution in [3.05, 3.63) is 112 Å². The van der Waals surface area contributed by atoms with Crippen LogP contribution in [0.25, 0.3) is 10.9 Å². The predicted molar refractivity (Wildman–Crippen MR) is 131 cm³/mol. The van der Waals surface area contributed by atoms with E-state index in [1.54, 1.807) is 36.4 Å². The van der Waals surface area contributed by atoms with Gasteiger partial charge in [0.05, 0.1) is 27.1 Å². The summed E-state index contributed by atoms with van der Waals surface area (Å²) in [6, 6.07) is 13.7. The third-order valence-electron chi connectivity index (χ3n) is 4.74. The van der Waals surface area contributed by atoms with Crippen LogP contribution in [-0.4, -0.2) is 20.8 Å². The molecule has 172 valence electrons. The highest BCUT2D eigenvalue weighted by molar-refractivity contribution is 6.35. The van der Waals surface area contributed by atoms with Crippen LogP contribution in [0.15, 0.2) is 69.3 Å². The number of benzene rings is 3. The average molecular weight is 520 g/mol. The second-order valence-corrected chi connectivity index (χ2v) is 8.22. The minimum Gasteiger partial charge on any atom is -0.481 e. The Balaban J connectivity index is 1.67. The molecule has 0 fully saturated rings. The van der Waals surface area contributed by atoms with Gasteiger partial charge in [0.1, 0.15) is 6.61 Å². The fourth-order valence-electron chi connectivity index (χ4n) is 3.12. The standard InChI is InChI=1S/C22H13Cl3N4O5/c23-14-6-5-13(16(24)9-14)11-34-20-17(25)7-12(8-19(20)29(32)33)10-26-28-21(30)15-3-1-2-4-18(15)27-22(28)31/h1-10H,11H2,(H,27,31). The monoisotopic (exact) mass is 518 g/mol. The molecular weight excluding hydrogens is 507 g/mol. The van der Waals surface area contributed by atoms with Crippen LogP contribution < -0.4 is 16.0 Å². The molecule has 0 bridgehead atoms. The van der Waals surface area contributed by atoms with E-state index >= 15 is 0 Å². The summed E-state index contributed by atoms with van der Waals surface area (Å²) in [6.07, 6.45) is 1.12. The van der Waals surface area contributed by atoms with Crippen LogP contribution in [0.3, 0.4) is 0 Å². The first kappa shape index (κ1) is 23.5. The largest absolute Gasteiger partial charge is 0.481 e. The van der Waals surface area contributed by atoms with Crippen LogP contribution in [0.4, 0.5) is 5.69 Å². The fraction of sp³-hybridized carbons (Fsp3) is 0.0455. The summed E-state index contributed by atoms with van der Waals surface area (Å²) >= 11 is 18.2. The molecule has 0 aliphatic carbocycles. The van der Waals surface area contributed by atoms with E-state index in [1.165, 1.54) is 12.1 Å². The van der Waals surface area contributed by atoms with Crippen molar-refractivity contribution >= 4 is 57.6 Å². The first-order valence-corrected chi connectivity index (χ1v) is 10.7. The van der Waals surface area contributed by atoms with E-state index in [2.05, 4.69) is 10.1 Å².